The Morgan fingerprint density at radius 2 is 2.47 bits per heavy atom. The van der Waals surface area contributed by atoms with E-state index in [1.165, 1.54) is 0 Å². The second-order valence-corrected chi connectivity index (χ2v) is 4.54. The van der Waals surface area contributed by atoms with E-state index in [1.807, 2.05) is 6.07 Å². The van der Waals surface area contributed by atoms with Gasteiger partial charge in [-0.1, -0.05) is 0 Å². The highest BCUT2D eigenvalue weighted by atomic mass is 16.5. The van der Waals surface area contributed by atoms with Crippen LogP contribution in [0.3, 0.4) is 0 Å². The van der Waals surface area contributed by atoms with E-state index in [-0.39, 0.29) is 24.2 Å². The van der Waals surface area contributed by atoms with Gasteiger partial charge in [0.1, 0.15) is 5.76 Å². The summed E-state index contributed by atoms with van der Waals surface area (Å²) in [6.07, 6.45) is 1.84. The van der Waals surface area contributed by atoms with Crippen molar-refractivity contribution in [3.63, 3.8) is 0 Å². The van der Waals surface area contributed by atoms with Gasteiger partial charge in [-0.25, -0.2) is 0 Å². The molecule has 2 heterocycles. The molecule has 0 aromatic carbocycles. The number of carbonyl (C=O) groups excluding carboxylic acids is 2. The molecule has 2 rings (SSSR count). The van der Waals surface area contributed by atoms with E-state index in [0.717, 1.165) is 5.76 Å². The van der Waals surface area contributed by atoms with Crippen LogP contribution in [0.15, 0.2) is 22.8 Å². The van der Waals surface area contributed by atoms with E-state index in [1.54, 1.807) is 24.3 Å². The minimum absolute atomic E-state index is 0.0108. The largest absolute Gasteiger partial charge is 0.467 e. The van der Waals surface area contributed by atoms with Crippen LogP contribution in [-0.2, 0) is 20.9 Å². The first-order valence-electron chi connectivity index (χ1n) is 6.27. The molecule has 2 amide bonds. The smallest absolute Gasteiger partial charge is 0.225 e. The summed E-state index contributed by atoms with van der Waals surface area (Å²) in [7, 11) is 1.58. The Labute approximate surface area is 111 Å². The fourth-order valence-electron chi connectivity index (χ4n) is 2.11. The minimum Gasteiger partial charge on any atom is -0.467 e. The van der Waals surface area contributed by atoms with Crippen LogP contribution < -0.4 is 5.32 Å². The number of furan rings is 1. The molecule has 0 radical (unpaired) electrons. The second kappa shape index (κ2) is 6.38. The fourth-order valence-corrected chi connectivity index (χ4v) is 2.11. The normalized spacial score (nSPS) is 18.9. The van der Waals surface area contributed by atoms with Gasteiger partial charge in [0.15, 0.2) is 0 Å². The number of likely N-dealkylation sites (tertiary alicyclic amines) is 1. The number of amides is 2. The predicted molar refractivity (Wildman–Crippen MR) is 67.1 cm³/mol. The van der Waals surface area contributed by atoms with Crippen LogP contribution in [0, 0.1) is 5.92 Å². The number of ether oxygens (including phenoxy) is 1. The highest BCUT2D eigenvalue weighted by Crippen LogP contribution is 2.20. The number of nitrogens with zero attached hydrogens (tertiary/aromatic N) is 1. The topological polar surface area (TPSA) is 71.8 Å². The van der Waals surface area contributed by atoms with Gasteiger partial charge >= 0.3 is 0 Å². The van der Waals surface area contributed by atoms with Gasteiger partial charge in [-0.05, 0) is 12.1 Å². The molecule has 1 aliphatic heterocycles. The lowest BCUT2D eigenvalue weighted by Crippen LogP contribution is -2.34. The van der Waals surface area contributed by atoms with Crippen molar-refractivity contribution in [2.24, 2.45) is 5.92 Å². The van der Waals surface area contributed by atoms with Crippen LogP contribution in [0.1, 0.15) is 12.2 Å². The van der Waals surface area contributed by atoms with E-state index >= 15 is 0 Å². The number of nitrogens with one attached hydrogen (secondary N) is 1. The second-order valence-electron chi connectivity index (χ2n) is 4.54. The molecule has 1 saturated heterocycles. The maximum atomic E-state index is 11.8. The highest BCUT2D eigenvalue weighted by molar-refractivity contribution is 5.89. The van der Waals surface area contributed by atoms with Crippen molar-refractivity contribution in [3.05, 3.63) is 24.2 Å². The van der Waals surface area contributed by atoms with Crippen molar-refractivity contribution in [3.8, 4) is 0 Å². The molecule has 1 aliphatic rings. The maximum Gasteiger partial charge on any atom is 0.225 e. The summed E-state index contributed by atoms with van der Waals surface area (Å²) in [6.45, 7) is 1.81. The van der Waals surface area contributed by atoms with Crippen molar-refractivity contribution in [1.29, 1.82) is 0 Å². The van der Waals surface area contributed by atoms with Gasteiger partial charge < -0.3 is 19.4 Å². The van der Waals surface area contributed by atoms with Gasteiger partial charge in [0, 0.05) is 26.6 Å². The summed E-state index contributed by atoms with van der Waals surface area (Å²) >= 11 is 0. The third-order valence-corrected chi connectivity index (χ3v) is 3.12. The Balaban J connectivity index is 1.83. The van der Waals surface area contributed by atoms with Crippen LogP contribution in [0.2, 0.25) is 0 Å². The van der Waals surface area contributed by atoms with Crippen molar-refractivity contribution in [1.82, 2.24) is 10.2 Å². The maximum absolute atomic E-state index is 11.8. The van der Waals surface area contributed by atoms with E-state index < -0.39 is 0 Å². The van der Waals surface area contributed by atoms with Crippen molar-refractivity contribution >= 4 is 11.8 Å². The fraction of sp³-hybridized carbons (Fsp3) is 0.538. The summed E-state index contributed by atoms with van der Waals surface area (Å²) in [5, 5.41) is 2.76. The van der Waals surface area contributed by atoms with Gasteiger partial charge in [-0.3, -0.25) is 9.59 Å². The molecule has 6 nitrogen and oxygen atoms in total. The standard InChI is InChI=1S/C13H18N2O4/c1-18-6-4-14-13(17)10-7-12(16)15(8-10)9-11-3-2-5-19-11/h2-3,5,10H,4,6-9H2,1H3,(H,14,17). The summed E-state index contributed by atoms with van der Waals surface area (Å²) < 4.78 is 10.1. The van der Waals surface area contributed by atoms with E-state index in [2.05, 4.69) is 5.32 Å². The number of hydrogen-bond donors (Lipinski definition) is 1. The zero-order valence-corrected chi connectivity index (χ0v) is 10.9. The van der Waals surface area contributed by atoms with Crippen molar-refractivity contribution < 1.29 is 18.7 Å². The van der Waals surface area contributed by atoms with Crippen LogP contribution in [0.25, 0.3) is 0 Å². The molecule has 1 atom stereocenters. The van der Waals surface area contributed by atoms with E-state index in [4.69, 9.17) is 9.15 Å². The molecule has 19 heavy (non-hydrogen) atoms. The first-order valence-corrected chi connectivity index (χ1v) is 6.27. The monoisotopic (exact) mass is 266 g/mol. The van der Waals surface area contributed by atoms with Crippen LogP contribution in [-0.4, -0.2) is 43.5 Å². The summed E-state index contributed by atoms with van der Waals surface area (Å²) in [5.74, 6) is 0.351. The third kappa shape index (κ3) is 3.57. The van der Waals surface area contributed by atoms with Gasteiger partial charge in [0.05, 0.1) is 25.3 Å². The summed E-state index contributed by atoms with van der Waals surface area (Å²) in [5.41, 5.74) is 0. The number of carbonyl (C=O) groups is 2. The molecular weight excluding hydrogens is 248 g/mol. The number of rotatable bonds is 6. The summed E-state index contributed by atoms with van der Waals surface area (Å²) in [4.78, 5) is 25.3. The van der Waals surface area contributed by atoms with Gasteiger partial charge in [-0.15, -0.1) is 0 Å². The van der Waals surface area contributed by atoms with E-state index in [9.17, 15) is 9.59 Å². The molecule has 1 N–H and O–H groups in total. The quantitative estimate of drug-likeness (QED) is 0.756. The van der Waals surface area contributed by atoms with Crippen LogP contribution >= 0.6 is 0 Å². The van der Waals surface area contributed by atoms with E-state index in [0.29, 0.717) is 26.2 Å². The van der Waals surface area contributed by atoms with Crippen molar-refractivity contribution in [2.45, 2.75) is 13.0 Å². The molecular formula is C13H18N2O4. The van der Waals surface area contributed by atoms with Crippen molar-refractivity contribution in [2.75, 3.05) is 26.8 Å². The van der Waals surface area contributed by atoms with Gasteiger partial charge in [-0.2, -0.15) is 0 Å². The number of hydrogen-bond acceptors (Lipinski definition) is 4. The molecule has 0 aliphatic carbocycles. The zero-order chi connectivity index (χ0) is 13.7. The zero-order valence-electron chi connectivity index (χ0n) is 10.9. The molecule has 1 fully saturated rings. The molecule has 0 saturated carbocycles. The SMILES string of the molecule is COCCNC(=O)C1CC(=O)N(Cc2ccco2)C1. The Morgan fingerprint density at radius 3 is 3.16 bits per heavy atom. The molecule has 6 heteroatoms. The molecule has 0 bridgehead atoms. The van der Waals surface area contributed by atoms with Crippen LogP contribution in [0.4, 0.5) is 0 Å². The average molecular weight is 266 g/mol. The summed E-state index contributed by atoms with van der Waals surface area (Å²) in [6, 6.07) is 3.60. The third-order valence-electron chi connectivity index (χ3n) is 3.12. The lowest BCUT2D eigenvalue weighted by atomic mass is 10.1. The Kier molecular flexibility index (Phi) is 4.57. The van der Waals surface area contributed by atoms with Crippen LogP contribution in [0.5, 0.6) is 0 Å². The molecule has 104 valence electrons. The predicted octanol–water partition coefficient (Wildman–Crippen LogP) is 0.391. The molecule has 0 spiro atoms. The highest BCUT2D eigenvalue weighted by Gasteiger charge is 2.34. The average Bonchev–Trinajstić information content (AvgIpc) is 3.01. The first-order chi connectivity index (χ1) is 9.20. The van der Waals surface area contributed by atoms with Gasteiger partial charge in [0.25, 0.3) is 0 Å². The molecule has 1 aromatic heterocycles. The Bertz CT molecular complexity index is 430. The Hall–Kier alpha value is -1.82. The lowest BCUT2D eigenvalue weighted by Gasteiger charge is -2.14. The molecule has 1 unspecified atom stereocenters. The minimum atomic E-state index is -0.278. The first kappa shape index (κ1) is 13.6. The Morgan fingerprint density at radius 1 is 1.63 bits per heavy atom. The molecule has 1 aromatic rings. The number of methoxy groups -OCH3 is 1. The van der Waals surface area contributed by atoms with Gasteiger partial charge in [0.2, 0.25) is 11.8 Å². The lowest BCUT2D eigenvalue weighted by molar-refractivity contribution is -0.129.